The molecule has 6 nitrogen and oxygen atoms in total. The fourth-order valence-electron chi connectivity index (χ4n) is 3.14. The molecule has 1 atom stereocenters. The van der Waals surface area contributed by atoms with Crippen LogP contribution in [0.5, 0.6) is 17.4 Å². The zero-order valence-corrected chi connectivity index (χ0v) is 16.0. The largest absolute Gasteiger partial charge is 0.473 e. The summed E-state index contributed by atoms with van der Waals surface area (Å²) in [6.07, 6.45) is 0.803. The zero-order valence-electron chi connectivity index (χ0n) is 16.0. The highest BCUT2D eigenvalue weighted by Crippen LogP contribution is 2.29. The summed E-state index contributed by atoms with van der Waals surface area (Å²) < 4.78 is 54.1. The highest BCUT2D eigenvalue weighted by molar-refractivity contribution is 5.41. The van der Waals surface area contributed by atoms with Gasteiger partial charge in [0.1, 0.15) is 24.0 Å². The standard InChI is InChI=1S/C21H18F3N3O3/c1-12-5-6-27-18(25-12)10-19(26-21(27)28)29-11-13-7-16(23)20(17(24)8-13)30-15-4-2-3-14(22)9-15/h2-4,7-10,12,25H,5-6,11H2,1H3. The van der Waals surface area contributed by atoms with Crippen LogP contribution in [0.25, 0.3) is 0 Å². The fourth-order valence-corrected chi connectivity index (χ4v) is 3.14. The molecule has 9 heteroatoms. The fraction of sp³-hybridized carbons (Fsp3) is 0.238. The van der Waals surface area contributed by atoms with E-state index >= 15 is 0 Å². The average molecular weight is 417 g/mol. The van der Waals surface area contributed by atoms with Crippen molar-refractivity contribution < 1.29 is 22.6 Å². The lowest BCUT2D eigenvalue weighted by Gasteiger charge is -2.25. The number of benzene rings is 2. The van der Waals surface area contributed by atoms with E-state index in [1.54, 1.807) is 6.07 Å². The molecule has 0 aliphatic carbocycles. The number of anilines is 1. The molecule has 0 saturated carbocycles. The van der Waals surface area contributed by atoms with Gasteiger partial charge in [-0.15, -0.1) is 0 Å². The van der Waals surface area contributed by atoms with Crippen LogP contribution in [-0.2, 0) is 13.2 Å². The van der Waals surface area contributed by atoms with Crippen molar-refractivity contribution in [3.63, 3.8) is 0 Å². The van der Waals surface area contributed by atoms with Crippen molar-refractivity contribution in [1.29, 1.82) is 0 Å². The van der Waals surface area contributed by atoms with Crippen LogP contribution < -0.4 is 20.5 Å². The molecule has 1 aromatic heterocycles. The van der Waals surface area contributed by atoms with E-state index in [1.165, 1.54) is 22.8 Å². The van der Waals surface area contributed by atoms with Gasteiger partial charge in [0.25, 0.3) is 0 Å². The lowest BCUT2D eigenvalue weighted by Crippen LogP contribution is -2.34. The van der Waals surface area contributed by atoms with Gasteiger partial charge in [-0.05, 0) is 43.2 Å². The second-order valence-electron chi connectivity index (χ2n) is 6.98. The Morgan fingerprint density at radius 3 is 2.67 bits per heavy atom. The number of nitrogens with one attached hydrogen (secondary N) is 1. The molecule has 4 rings (SSSR count). The van der Waals surface area contributed by atoms with Gasteiger partial charge in [0.15, 0.2) is 17.4 Å². The normalized spacial score (nSPS) is 15.3. The molecular weight excluding hydrogens is 399 g/mol. The SMILES string of the molecule is CC1CCn2c(cc(OCc3cc(F)c(Oc4cccc(F)c4)c(F)c3)nc2=O)N1. The molecule has 0 fully saturated rings. The Morgan fingerprint density at radius 2 is 1.93 bits per heavy atom. The molecule has 2 aromatic carbocycles. The van der Waals surface area contributed by atoms with Crippen molar-refractivity contribution in [2.75, 3.05) is 5.32 Å². The number of fused-ring (bicyclic) bond motifs is 1. The Morgan fingerprint density at radius 1 is 1.17 bits per heavy atom. The maximum absolute atomic E-state index is 14.4. The molecule has 0 saturated heterocycles. The van der Waals surface area contributed by atoms with Crippen molar-refractivity contribution in [2.45, 2.75) is 32.5 Å². The molecular formula is C21H18F3N3O3. The molecule has 3 aromatic rings. The molecule has 30 heavy (non-hydrogen) atoms. The maximum atomic E-state index is 14.4. The third-order valence-electron chi connectivity index (χ3n) is 4.63. The van der Waals surface area contributed by atoms with E-state index < -0.39 is 28.9 Å². The van der Waals surface area contributed by atoms with Gasteiger partial charge < -0.3 is 14.8 Å². The number of nitrogens with zero attached hydrogens (tertiary/aromatic N) is 2. The molecule has 1 aliphatic rings. The van der Waals surface area contributed by atoms with E-state index in [-0.39, 0.29) is 29.8 Å². The zero-order chi connectivity index (χ0) is 21.3. The van der Waals surface area contributed by atoms with Crippen LogP contribution in [0, 0.1) is 17.5 Å². The van der Waals surface area contributed by atoms with Crippen molar-refractivity contribution in [3.05, 3.63) is 76.0 Å². The molecule has 0 radical (unpaired) electrons. The summed E-state index contributed by atoms with van der Waals surface area (Å²) in [5.41, 5.74) is -0.282. The number of ether oxygens (including phenoxy) is 2. The molecule has 1 aliphatic heterocycles. The molecule has 0 amide bonds. The highest BCUT2D eigenvalue weighted by Gasteiger charge is 2.18. The molecule has 0 spiro atoms. The molecule has 2 heterocycles. The van der Waals surface area contributed by atoms with Crippen LogP contribution in [0.4, 0.5) is 19.0 Å². The summed E-state index contributed by atoms with van der Waals surface area (Å²) in [5, 5.41) is 3.17. The van der Waals surface area contributed by atoms with E-state index in [4.69, 9.17) is 9.47 Å². The van der Waals surface area contributed by atoms with Crippen LogP contribution in [0.1, 0.15) is 18.9 Å². The van der Waals surface area contributed by atoms with Gasteiger partial charge >= 0.3 is 5.69 Å². The molecule has 1 N–H and O–H groups in total. The summed E-state index contributed by atoms with van der Waals surface area (Å²) in [5.74, 6) is -2.56. The molecule has 1 unspecified atom stereocenters. The first-order valence-electron chi connectivity index (χ1n) is 9.31. The van der Waals surface area contributed by atoms with Crippen molar-refractivity contribution in [2.24, 2.45) is 0 Å². The van der Waals surface area contributed by atoms with E-state index in [0.717, 1.165) is 24.6 Å². The average Bonchev–Trinajstić information content (AvgIpc) is 2.69. The lowest BCUT2D eigenvalue weighted by atomic mass is 10.2. The van der Waals surface area contributed by atoms with Gasteiger partial charge in [-0.3, -0.25) is 4.57 Å². The maximum Gasteiger partial charge on any atom is 0.352 e. The highest BCUT2D eigenvalue weighted by atomic mass is 19.1. The number of halogens is 3. The third-order valence-corrected chi connectivity index (χ3v) is 4.63. The summed E-state index contributed by atoms with van der Waals surface area (Å²) in [4.78, 5) is 16.0. The Kier molecular flexibility index (Phi) is 5.35. The minimum absolute atomic E-state index is 0.0303. The smallest absolute Gasteiger partial charge is 0.352 e. The Hall–Kier alpha value is -3.49. The summed E-state index contributed by atoms with van der Waals surface area (Å²) in [7, 11) is 0. The van der Waals surface area contributed by atoms with Gasteiger partial charge in [-0.25, -0.2) is 18.0 Å². The molecule has 156 valence electrons. The number of hydrogen-bond donors (Lipinski definition) is 1. The van der Waals surface area contributed by atoms with Crippen LogP contribution in [0.2, 0.25) is 0 Å². The van der Waals surface area contributed by atoms with E-state index in [0.29, 0.717) is 12.4 Å². The number of rotatable bonds is 5. The molecule has 0 bridgehead atoms. The van der Waals surface area contributed by atoms with Crippen LogP contribution >= 0.6 is 0 Å². The van der Waals surface area contributed by atoms with Crippen LogP contribution in [0.3, 0.4) is 0 Å². The lowest BCUT2D eigenvalue weighted by molar-refractivity contribution is 0.288. The third kappa shape index (κ3) is 4.24. The van der Waals surface area contributed by atoms with Crippen molar-refractivity contribution in [3.8, 4) is 17.4 Å². The second kappa shape index (κ2) is 8.10. The monoisotopic (exact) mass is 417 g/mol. The van der Waals surface area contributed by atoms with Crippen molar-refractivity contribution >= 4 is 5.82 Å². The van der Waals surface area contributed by atoms with Gasteiger partial charge in [0.2, 0.25) is 5.88 Å². The Labute approximate surface area is 169 Å². The first-order valence-corrected chi connectivity index (χ1v) is 9.31. The first-order chi connectivity index (χ1) is 14.4. The van der Waals surface area contributed by atoms with Crippen LogP contribution in [-0.4, -0.2) is 15.6 Å². The summed E-state index contributed by atoms with van der Waals surface area (Å²) in [6, 6.07) is 8.83. The van der Waals surface area contributed by atoms with E-state index in [1.807, 2.05) is 6.92 Å². The second-order valence-corrected chi connectivity index (χ2v) is 6.98. The predicted octanol–water partition coefficient (Wildman–Crippen LogP) is 4.24. The number of aromatic nitrogens is 2. The first kappa shape index (κ1) is 19.8. The topological polar surface area (TPSA) is 65.4 Å². The summed E-state index contributed by atoms with van der Waals surface area (Å²) >= 11 is 0. The Bertz CT molecular complexity index is 1130. The van der Waals surface area contributed by atoms with Gasteiger partial charge in [0, 0.05) is 24.7 Å². The summed E-state index contributed by atoms with van der Waals surface area (Å²) in [6.45, 7) is 2.34. The minimum atomic E-state index is -0.966. The van der Waals surface area contributed by atoms with Crippen molar-refractivity contribution in [1.82, 2.24) is 9.55 Å². The van der Waals surface area contributed by atoms with E-state index in [9.17, 15) is 18.0 Å². The number of hydrogen-bond acceptors (Lipinski definition) is 5. The van der Waals surface area contributed by atoms with E-state index in [2.05, 4.69) is 10.3 Å². The predicted molar refractivity (Wildman–Crippen MR) is 103 cm³/mol. The van der Waals surface area contributed by atoms with Gasteiger partial charge in [-0.2, -0.15) is 4.98 Å². The van der Waals surface area contributed by atoms with Gasteiger partial charge in [0.05, 0.1) is 0 Å². The quantitative estimate of drug-likeness (QED) is 0.673. The van der Waals surface area contributed by atoms with Gasteiger partial charge in [-0.1, -0.05) is 6.07 Å². The Balaban J connectivity index is 1.50. The minimum Gasteiger partial charge on any atom is -0.473 e. The van der Waals surface area contributed by atoms with Crippen LogP contribution in [0.15, 0.2) is 47.3 Å².